The lowest BCUT2D eigenvalue weighted by Gasteiger charge is -2.38. The minimum absolute atomic E-state index is 0.0686. The molecule has 0 spiro atoms. The van der Waals surface area contributed by atoms with Gasteiger partial charge < -0.3 is 15.4 Å². The van der Waals surface area contributed by atoms with E-state index >= 15 is 0 Å². The Morgan fingerprint density at radius 3 is 3.06 bits per heavy atom. The lowest BCUT2D eigenvalue weighted by atomic mass is 10.2. The van der Waals surface area contributed by atoms with E-state index in [0.29, 0.717) is 31.2 Å². The van der Waals surface area contributed by atoms with Crippen molar-refractivity contribution in [3.63, 3.8) is 0 Å². The standard InChI is InChI=1S/C11H17FN4O/c1-7-5-17-9(3-13)4-16(7)11-10(12)8(2)14-6-15-11/h6-7,9H,3-5,13H2,1-2H3. The Bertz CT molecular complexity index is 401. The van der Waals surface area contributed by atoms with Crippen LogP contribution in [0, 0.1) is 12.7 Å². The second-order valence-corrected chi connectivity index (χ2v) is 4.29. The SMILES string of the molecule is Cc1ncnc(N2CC(CN)OCC2C)c1F. The smallest absolute Gasteiger partial charge is 0.186 e. The number of anilines is 1. The summed E-state index contributed by atoms with van der Waals surface area (Å²) < 4.78 is 19.5. The van der Waals surface area contributed by atoms with Gasteiger partial charge in [0, 0.05) is 13.1 Å². The predicted molar refractivity (Wildman–Crippen MR) is 62.3 cm³/mol. The normalized spacial score (nSPS) is 25.1. The van der Waals surface area contributed by atoms with Gasteiger partial charge in [-0.3, -0.25) is 0 Å². The van der Waals surface area contributed by atoms with E-state index in [2.05, 4.69) is 9.97 Å². The number of hydrogen-bond donors (Lipinski definition) is 1. The molecule has 94 valence electrons. The molecule has 0 aromatic carbocycles. The monoisotopic (exact) mass is 240 g/mol. The van der Waals surface area contributed by atoms with Gasteiger partial charge in [0.15, 0.2) is 11.6 Å². The van der Waals surface area contributed by atoms with E-state index in [-0.39, 0.29) is 18.0 Å². The Hall–Kier alpha value is -1.27. The van der Waals surface area contributed by atoms with Crippen LogP contribution in [0.15, 0.2) is 6.33 Å². The van der Waals surface area contributed by atoms with Crippen LogP contribution >= 0.6 is 0 Å². The Labute approximate surface area is 99.8 Å². The molecule has 0 amide bonds. The molecule has 1 saturated heterocycles. The van der Waals surface area contributed by atoms with Gasteiger partial charge in [0.1, 0.15) is 6.33 Å². The number of ether oxygens (including phenoxy) is 1. The van der Waals surface area contributed by atoms with Crippen LogP contribution in [0.3, 0.4) is 0 Å². The second kappa shape index (κ2) is 4.93. The number of nitrogens with two attached hydrogens (primary N) is 1. The highest BCUT2D eigenvalue weighted by molar-refractivity contribution is 5.42. The van der Waals surface area contributed by atoms with Gasteiger partial charge in [0.05, 0.1) is 24.4 Å². The lowest BCUT2D eigenvalue weighted by molar-refractivity contribution is 0.0277. The van der Waals surface area contributed by atoms with E-state index in [1.807, 2.05) is 11.8 Å². The molecule has 2 unspecified atom stereocenters. The molecule has 2 heterocycles. The van der Waals surface area contributed by atoms with Gasteiger partial charge in [-0.15, -0.1) is 0 Å². The van der Waals surface area contributed by atoms with Gasteiger partial charge in [-0.25, -0.2) is 14.4 Å². The van der Waals surface area contributed by atoms with Crippen LogP contribution in [0.25, 0.3) is 0 Å². The van der Waals surface area contributed by atoms with Crippen LogP contribution in [-0.2, 0) is 4.74 Å². The van der Waals surface area contributed by atoms with Gasteiger partial charge >= 0.3 is 0 Å². The Morgan fingerprint density at radius 2 is 2.35 bits per heavy atom. The maximum absolute atomic E-state index is 14.0. The highest BCUT2D eigenvalue weighted by Gasteiger charge is 2.28. The van der Waals surface area contributed by atoms with E-state index in [1.165, 1.54) is 6.33 Å². The molecule has 1 fully saturated rings. The topological polar surface area (TPSA) is 64.3 Å². The zero-order valence-corrected chi connectivity index (χ0v) is 10.1. The van der Waals surface area contributed by atoms with Gasteiger partial charge in [-0.2, -0.15) is 0 Å². The number of aromatic nitrogens is 2. The van der Waals surface area contributed by atoms with E-state index in [1.54, 1.807) is 6.92 Å². The highest BCUT2D eigenvalue weighted by Crippen LogP contribution is 2.23. The first-order chi connectivity index (χ1) is 8.13. The molecule has 0 saturated carbocycles. The fraction of sp³-hybridized carbons (Fsp3) is 0.636. The fourth-order valence-corrected chi connectivity index (χ4v) is 1.90. The first-order valence-electron chi connectivity index (χ1n) is 5.69. The van der Waals surface area contributed by atoms with Crippen LogP contribution < -0.4 is 10.6 Å². The van der Waals surface area contributed by atoms with Gasteiger partial charge in [0.2, 0.25) is 0 Å². The zero-order chi connectivity index (χ0) is 12.4. The average molecular weight is 240 g/mol. The van der Waals surface area contributed by atoms with Gasteiger partial charge in [-0.1, -0.05) is 0 Å². The number of nitrogens with zero attached hydrogens (tertiary/aromatic N) is 3. The van der Waals surface area contributed by atoms with E-state index in [0.717, 1.165) is 0 Å². The minimum Gasteiger partial charge on any atom is -0.373 e. The first-order valence-corrected chi connectivity index (χ1v) is 5.69. The van der Waals surface area contributed by atoms with Crippen molar-refractivity contribution in [3.05, 3.63) is 17.8 Å². The summed E-state index contributed by atoms with van der Waals surface area (Å²) in [4.78, 5) is 9.75. The molecule has 2 N–H and O–H groups in total. The highest BCUT2D eigenvalue weighted by atomic mass is 19.1. The van der Waals surface area contributed by atoms with Crippen LogP contribution in [0.1, 0.15) is 12.6 Å². The molecular weight excluding hydrogens is 223 g/mol. The summed E-state index contributed by atoms with van der Waals surface area (Å²) in [6.45, 7) is 5.12. The van der Waals surface area contributed by atoms with Crippen molar-refractivity contribution < 1.29 is 9.13 Å². The molecule has 2 rings (SSSR count). The van der Waals surface area contributed by atoms with Gasteiger partial charge in [0.25, 0.3) is 0 Å². The molecule has 2 atom stereocenters. The molecule has 1 aromatic heterocycles. The quantitative estimate of drug-likeness (QED) is 0.814. The minimum atomic E-state index is -0.364. The van der Waals surface area contributed by atoms with Crippen LogP contribution in [0.2, 0.25) is 0 Å². The molecule has 1 aliphatic heterocycles. The maximum atomic E-state index is 14.0. The number of halogens is 1. The Morgan fingerprint density at radius 1 is 1.59 bits per heavy atom. The van der Waals surface area contributed by atoms with Crippen molar-refractivity contribution in [3.8, 4) is 0 Å². The predicted octanol–water partition coefficient (Wildman–Crippen LogP) is 0.477. The summed E-state index contributed by atoms with van der Waals surface area (Å²) >= 11 is 0. The average Bonchev–Trinajstić information content (AvgIpc) is 2.34. The summed E-state index contributed by atoms with van der Waals surface area (Å²) in [5, 5.41) is 0. The molecule has 1 aromatic rings. The van der Waals surface area contributed by atoms with Crippen molar-refractivity contribution in [2.45, 2.75) is 26.0 Å². The molecule has 6 heteroatoms. The van der Waals surface area contributed by atoms with E-state index in [4.69, 9.17) is 10.5 Å². The van der Waals surface area contributed by atoms with Crippen LogP contribution in [-0.4, -0.2) is 41.8 Å². The third kappa shape index (κ3) is 2.37. The molecule has 1 aliphatic rings. The van der Waals surface area contributed by atoms with E-state index in [9.17, 15) is 4.39 Å². The van der Waals surface area contributed by atoms with Crippen LogP contribution in [0.4, 0.5) is 10.2 Å². The van der Waals surface area contributed by atoms with Crippen LogP contribution in [0.5, 0.6) is 0 Å². The van der Waals surface area contributed by atoms with Crippen molar-refractivity contribution in [2.75, 3.05) is 24.6 Å². The number of aryl methyl sites for hydroxylation is 1. The summed E-state index contributed by atoms with van der Waals surface area (Å²) in [6.07, 6.45) is 1.31. The third-order valence-electron chi connectivity index (χ3n) is 2.99. The molecule has 5 nitrogen and oxygen atoms in total. The van der Waals surface area contributed by atoms with Crippen molar-refractivity contribution >= 4 is 5.82 Å². The summed E-state index contributed by atoms with van der Waals surface area (Å²) in [6, 6.07) is 0.0848. The summed E-state index contributed by atoms with van der Waals surface area (Å²) in [5.74, 6) is -0.0243. The number of hydrogen-bond acceptors (Lipinski definition) is 5. The third-order valence-corrected chi connectivity index (χ3v) is 2.99. The molecule has 0 radical (unpaired) electrons. The molecule has 0 aliphatic carbocycles. The largest absolute Gasteiger partial charge is 0.373 e. The maximum Gasteiger partial charge on any atom is 0.186 e. The number of morpholine rings is 1. The number of rotatable bonds is 2. The summed E-state index contributed by atoms with van der Waals surface area (Å²) in [5.41, 5.74) is 5.94. The summed E-state index contributed by atoms with van der Waals surface area (Å²) in [7, 11) is 0. The van der Waals surface area contributed by atoms with Crippen molar-refractivity contribution in [2.24, 2.45) is 5.73 Å². The lowest BCUT2D eigenvalue weighted by Crippen LogP contribution is -2.51. The molecule has 17 heavy (non-hydrogen) atoms. The molecular formula is C11H17FN4O. The van der Waals surface area contributed by atoms with Gasteiger partial charge in [-0.05, 0) is 13.8 Å². The zero-order valence-electron chi connectivity index (χ0n) is 10.1. The van der Waals surface area contributed by atoms with E-state index < -0.39 is 0 Å². The Kier molecular flexibility index (Phi) is 3.54. The van der Waals surface area contributed by atoms with Crippen molar-refractivity contribution in [1.82, 2.24) is 9.97 Å². The molecule has 0 bridgehead atoms. The first kappa shape index (κ1) is 12.2. The Balaban J connectivity index is 2.27. The van der Waals surface area contributed by atoms with Crippen molar-refractivity contribution in [1.29, 1.82) is 0 Å². The second-order valence-electron chi connectivity index (χ2n) is 4.29. The fourth-order valence-electron chi connectivity index (χ4n) is 1.90.